The van der Waals surface area contributed by atoms with E-state index in [1.807, 2.05) is 68.6 Å². The molecule has 3 rings (SSSR count). The first-order chi connectivity index (χ1) is 11.1. The average Bonchev–Trinajstić information content (AvgIpc) is 3.00. The Labute approximate surface area is 135 Å². The summed E-state index contributed by atoms with van der Waals surface area (Å²) in [5.41, 5.74) is 5.10. The maximum Gasteiger partial charge on any atom is 0.246 e. The molecule has 2 aromatic carbocycles. The van der Waals surface area contributed by atoms with Crippen LogP contribution in [0.15, 0.2) is 60.9 Å². The van der Waals surface area contributed by atoms with Gasteiger partial charge in [0.05, 0.1) is 6.20 Å². The highest BCUT2D eigenvalue weighted by Crippen LogP contribution is 2.20. The normalized spacial score (nSPS) is 10.5. The highest BCUT2D eigenvalue weighted by molar-refractivity contribution is 5.92. The molecule has 23 heavy (non-hydrogen) atoms. The molecule has 0 saturated heterocycles. The Bertz CT molecular complexity index is 801. The van der Waals surface area contributed by atoms with Crippen molar-refractivity contribution in [2.45, 2.75) is 20.4 Å². The van der Waals surface area contributed by atoms with Crippen LogP contribution in [0.25, 0.3) is 11.1 Å². The SMILES string of the molecule is Cc1cccc(C)c1NC(=O)Cn1cc(-c2ccccc2)cn1. The molecule has 1 aromatic heterocycles. The zero-order valence-electron chi connectivity index (χ0n) is 13.3. The number of nitrogens with zero attached hydrogens (tertiary/aromatic N) is 2. The summed E-state index contributed by atoms with van der Waals surface area (Å²) in [6.45, 7) is 4.18. The summed E-state index contributed by atoms with van der Waals surface area (Å²) < 4.78 is 1.66. The summed E-state index contributed by atoms with van der Waals surface area (Å²) in [5, 5.41) is 7.25. The topological polar surface area (TPSA) is 46.9 Å². The van der Waals surface area contributed by atoms with Gasteiger partial charge in [-0.1, -0.05) is 48.5 Å². The lowest BCUT2D eigenvalue weighted by atomic mass is 10.1. The van der Waals surface area contributed by atoms with Crippen molar-refractivity contribution in [2.24, 2.45) is 0 Å². The van der Waals surface area contributed by atoms with Crippen LogP contribution in [0.5, 0.6) is 0 Å². The zero-order chi connectivity index (χ0) is 16.2. The predicted molar refractivity (Wildman–Crippen MR) is 92.2 cm³/mol. The minimum atomic E-state index is -0.0786. The molecule has 4 heteroatoms. The maximum atomic E-state index is 12.3. The Kier molecular flexibility index (Phi) is 4.24. The third-order valence-corrected chi connectivity index (χ3v) is 3.79. The van der Waals surface area contributed by atoms with Gasteiger partial charge in [-0.05, 0) is 30.5 Å². The molecule has 0 radical (unpaired) electrons. The molecule has 1 heterocycles. The molecule has 0 aliphatic carbocycles. The van der Waals surface area contributed by atoms with Crippen LogP contribution < -0.4 is 5.32 Å². The molecule has 3 aromatic rings. The Morgan fingerprint density at radius 1 is 1.00 bits per heavy atom. The number of hydrogen-bond donors (Lipinski definition) is 1. The fourth-order valence-corrected chi connectivity index (χ4v) is 2.57. The summed E-state index contributed by atoms with van der Waals surface area (Å²) in [4.78, 5) is 12.3. The summed E-state index contributed by atoms with van der Waals surface area (Å²) in [6, 6.07) is 16.0. The molecule has 0 fully saturated rings. The van der Waals surface area contributed by atoms with E-state index in [9.17, 15) is 4.79 Å². The van der Waals surface area contributed by atoms with Crippen LogP contribution in [0.3, 0.4) is 0 Å². The Balaban J connectivity index is 1.70. The van der Waals surface area contributed by atoms with Crippen molar-refractivity contribution >= 4 is 11.6 Å². The van der Waals surface area contributed by atoms with Gasteiger partial charge in [-0.2, -0.15) is 5.10 Å². The van der Waals surface area contributed by atoms with E-state index in [0.717, 1.165) is 27.9 Å². The van der Waals surface area contributed by atoms with E-state index in [0.29, 0.717) is 0 Å². The number of benzene rings is 2. The second kappa shape index (κ2) is 6.48. The monoisotopic (exact) mass is 305 g/mol. The van der Waals surface area contributed by atoms with Gasteiger partial charge in [-0.25, -0.2) is 0 Å². The van der Waals surface area contributed by atoms with Crippen molar-refractivity contribution in [3.8, 4) is 11.1 Å². The lowest BCUT2D eigenvalue weighted by Crippen LogP contribution is -2.20. The third kappa shape index (κ3) is 3.48. The third-order valence-electron chi connectivity index (χ3n) is 3.79. The standard InChI is InChI=1S/C19H19N3O/c1-14-7-6-8-15(2)19(14)21-18(23)13-22-12-17(11-20-22)16-9-4-3-5-10-16/h3-12H,13H2,1-2H3,(H,21,23). The van der Waals surface area contributed by atoms with Crippen LogP contribution in [-0.4, -0.2) is 15.7 Å². The molecular weight excluding hydrogens is 286 g/mol. The molecule has 1 N–H and O–H groups in total. The van der Waals surface area contributed by atoms with Gasteiger partial charge in [-0.3, -0.25) is 9.48 Å². The number of nitrogens with one attached hydrogen (secondary N) is 1. The van der Waals surface area contributed by atoms with Crippen molar-refractivity contribution < 1.29 is 4.79 Å². The van der Waals surface area contributed by atoms with Crippen molar-refractivity contribution in [2.75, 3.05) is 5.32 Å². The van der Waals surface area contributed by atoms with E-state index < -0.39 is 0 Å². The summed E-state index contributed by atoms with van der Waals surface area (Å²) in [5.74, 6) is -0.0786. The number of rotatable bonds is 4. The number of aromatic nitrogens is 2. The maximum absolute atomic E-state index is 12.3. The number of para-hydroxylation sites is 1. The molecule has 4 nitrogen and oxygen atoms in total. The number of aryl methyl sites for hydroxylation is 2. The van der Waals surface area contributed by atoms with Gasteiger partial charge in [0, 0.05) is 17.4 Å². The lowest BCUT2D eigenvalue weighted by Gasteiger charge is -2.11. The second-order valence-corrected chi connectivity index (χ2v) is 5.61. The fourth-order valence-electron chi connectivity index (χ4n) is 2.57. The van der Waals surface area contributed by atoms with Crippen LogP contribution in [0, 0.1) is 13.8 Å². The van der Waals surface area contributed by atoms with Crippen molar-refractivity contribution in [1.82, 2.24) is 9.78 Å². The summed E-state index contributed by atoms with van der Waals surface area (Å²) >= 11 is 0. The van der Waals surface area contributed by atoms with E-state index in [2.05, 4.69) is 10.4 Å². The Morgan fingerprint density at radius 3 is 2.39 bits per heavy atom. The van der Waals surface area contributed by atoms with Gasteiger partial charge < -0.3 is 5.32 Å². The molecule has 0 atom stereocenters. The van der Waals surface area contributed by atoms with Crippen LogP contribution in [0.1, 0.15) is 11.1 Å². The number of anilines is 1. The molecule has 0 aliphatic rings. The van der Waals surface area contributed by atoms with Crippen LogP contribution in [-0.2, 0) is 11.3 Å². The number of carbonyl (C=O) groups excluding carboxylic acids is 1. The van der Waals surface area contributed by atoms with Gasteiger partial charge in [0.15, 0.2) is 0 Å². The molecule has 0 unspecified atom stereocenters. The molecule has 0 bridgehead atoms. The first-order valence-corrected chi connectivity index (χ1v) is 7.57. The van der Waals surface area contributed by atoms with E-state index in [4.69, 9.17) is 0 Å². The number of hydrogen-bond acceptors (Lipinski definition) is 2. The Hall–Kier alpha value is -2.88. The van der Waals surface area contributed by atoms with Gasteiger partial charge in [-0.15, -0.1) is 0 Å². The Morgan fingerprint density at radius 2 is 1.70 bits per heavy atom. The van der Waals surface area contributed by atoms with Crippen LogP contribution in [0.4, 0.5) is 5.69 Å². The second-order valence-electron chi connectivity index (χ2n) is 5.61. The van der Waals surface area contributed by atoms with Gasteiger partial charge in [0.2, 0.25) is 5.91 Å². The highest BCUT2D eigenvalue weighted by Gasteiger charge is 2.09. The summed E-state index contributed by atoms with van der Waals surface area (Å²) in [7, 11) is 0. The number of amides is 1. The molecule has 0 aliphatic heterocycles. The minimum absolute atomic E-state index is 0.0786. The molecular formula is C19H19N3O. The van der Waals surface area contributed by atoms with E-state index in [-0.39, 0.29) is 12.5 Å². The molecule has 116 valence electrons. The minimum Gasteiger partial charge on any atom is -0.324 e. The largest absolute Gasteiger partial charge is 0.324 e. The van der Waals surface area contributed by atoms with Crippen molar-refractivity contribution in [3.05, 3.63) is 72.1 Å². The quantitative estimate of drug-likeness (QED) is 0.797. The van der Waals surface area contributed by atoms with Gasteiger partial charge in [0.25, 0.3) is 0 Å². The number of carbonyl (C=O) groups is 1. The van der Waals surface area contributed by atoms with Gasteiger partial charge in [0.1, 0.15) is 6.54 Å². The van der Waals surface area contributed by atoms with Gasteiger partial charge >= 0.3 is 0 Å². The summed E-state index contributed by atoms with van der Waals surface area (Å²) in [6.07, 6.45) is 3.67. The van der Waals surface area contributed by atoms with Crippen LogP contribution in [0.2, 0.25) is 0 Å². The predicted octanol–water partition coefficient (Wildman–Crippen LogP) is 3.81. The van der Waals surface area contributed by atoms with E-state index in [1.54, 1.807) is 10.9 Å². The molecule has 1 amide bonds. The van der Waals surface area contributed by atoms with Crippen molar-refractivity contribution in [1.29, 1.82) is 0 Å². The fraction of sp³-hybridized carbons (Fsp3) is 0.158. The first kappa shape index (κ1) is 15.0. The lowest BCUT2D eigenvalue weighted by molar-refractivity contribution is -0.116. The smallest absolute Gasteiger partial charge is 0.246 e. The van der Waals surface area contributed by atoms with E-state index >= 15 is 0 Å². The molecule has 0 spiro atoms. The van der Waals surface area contributed by atoms with E-state index in [1.165, 1.54) is 0 Å². The van der Waals surface area contributed by atoms with Crippen LogP contribution >= 0.6 is 0 Å². The molecule has 0 saturated carbocycles. The van der Waals surface area contributed by atoms with Crippen molar-refractivity contribution in [3.63, 3.8) is 0 Å². The first-order valence-electron chi connectivity index (χ1n) is 7.57. The average molecular weight is 305 g/mol. The zero-order valence-corrected chi connectivity index (χ0v) is 13.3. The highest BCUT2D eigenvalue weighted by atomic mass is 16.2.